The molecule has 2 amide bonds. The maximum absolute atomic E-state index is 12.9. The summed E-state index contributed by atoms with van der Waals surface area (Å²) in [5.74, 6) is -0.756. The van der Waals surface area contributed by atoms with Gasteiger partial charge in [-0.05, 0) is 37.3 Å². The minimum Gasteiger partial charge on any atom is -0.381 e. The lowest BCUT2D eigenvalue weighted by atomic mass is 9.92. The quantitative estimate of drug-likeness (QED) is 0.703. The Morgan fingerprint density at radius 3 is 2.74 bits per heavy atom. The Morgan fingerprint density at radius 1 is 1.39 bits per heavy atom. The van der Waals surface area contributed by atoms with Crippen LogP contribution in [-0.2, 0) is 14.3 Å². The first-order chi connectivity index (χ1) is 11.1. The Kier molecular flexibility index (Phi) is 6.42. The van der Waals surface area contributed by atoms with E-state index in [4.69, 9.17) is 10.5 Å². The Balaban J connectivity index is 2.00. The molecule has 1 aromatic rings. The van der Waals surface area contributed by atoms with Gasteiger partial charge in [-0.1, -0.05) is 0 Å². The van der Waals surface area contributed by atoms with Crippen LogP contribution in [0.3, 0.4) is 0 Å². The fourth-order valence-electron chi connectivity index (χ4n) is 2.46. The molecular formula is C15H21FN4O3. The van der Waals surface area contributed by atoms with Gasteiger partial charge in [0.2, 0.25) is 11.8 Å². The highest BCUT2D eigenvalue weighted by Crippen LogP contribution is 2.20. The molecule has 1 aliphatic heterocycles. The number of carbonyl (C=O) groups excluding carboxylic acids is 2. The summed E-state index contributed by atoms with van der Waals surface area (Å²) in [7, 11) is 0. The van der Waals surface area contributed by atoms with E-state index in [0.29, 0.717) is 25.6 Å². The summed E-state index contributed by atoms with van der Waals surface area (Å²) in [6.45, 7) is 1.12. The van der Waals surface area contributed by atoms with Gasteiger partial charge < -0.3 is 21.1 Å². The van der Waals surface area contributed by atoms with Crippen LogP contribution < -0.4 is 16.4 Å². The summed E-state index contributed by atoms with van der Waals surface area (Å²) < 4.78 is 18.1. The van der Waals surface area contributed by atoms with Gasteiger partial charge >= 0.3 is 0 Å². The van der Waals surface area contributed by atoms with Crippen molar-refractivity contribution < 1.29 is 18.7 Å². The van der Waals surface area contributed by atoms with Gasteiger partial charge in [0.25, 0.3) is 0 Å². The van der Waals surface area contributed by atoms with Crippen LogP contribution >= 0.6 is 0 Å². The fraction of sp³-hybridized carbons (Fsp3) is 0.533. The van der Waals surface area contributed by atoms with Crippen molar-refractivity contribution in [1.82, 2.24) is 10.3 Å². The van der Waals surface area contributed by atoms with Gasteiger partial charge in [-0.25, -0.2) is 9.37 Å². The summed E-state index contributed by atoms with van der Waals surface area (Å²) in [5, 5.41) is 5.21. The number of nitrogens with zero attached hydrogens (tertiary/aromatic N) is 1. The predicted molar refractivity (Wildman–Crippen MR) is 82.0 cm³/mol. The Labute approximate surface area is 133 Å². The van der Waals surface area contributed by atoms with E-state index in [9.17, 15) is 14.0 Å². The number of carbonyl (C=O) groups is 2. The number of halogens is 1. The molecule has 4 N–H and O–H groups in total. The maximum atomic E-state index is 12.9. The normalized spacial score (nSPS) is 16.6. The highest BCUT2D eigenvalue weighted by atomic mass is 19.1. The number of anilines is 1. The second kappa shape index (κ2) is 8.54. The van der Waals surface area contributed by atoms with E-state index in [2.05, 4.69) is 15.6 Å². The summed E-state index contributed by atoms with van der Waals surface area (Å²) in [6, 6.07) is 1.86. The minimum atomic E-state index is -0.707. The first kappa shape index (κ1) is 17.3. The number of aromatic nitrogens is 1. The molecule has 0 bridgehead atoms. The number of hydrogen-bond acceptors (Lipinski definition) is 5. The topological polar surface area (TPSA) is 106 Å². The van der Waals surface area contributed by atoms with E-state index >= 15 is 0 Å². The molecule has 0 radical (unpaired) electrons. The molecule has 126 valence electrons. The molecule has 2 heterocycles. The van der Waals surface area contributed by atoms with Crippen molar-refractivity contribution in [1.29, 1.82) is 0 Å². The van der Waals surface area contributed by atoms with Crippen LogP contribution in [0.1, 0.15) is 19.3 Å². The first-order valence-electron chi connectivity index (χ1n) is 7.58. The van der Waals surface area contributed by atoms with Crippen molar-refractivity contribution >= 4 is 17.6 Å². The summed E-state index contributed by atoms with van der Waals surface area (Å²) in [6.07, 6.45) is 3.21. The Morgan fingerprint density at radius 2 is 2.13 bits per heavy atom. The number of pyridine rings is 1. The highest BCUT2D eigenvalue weighted by molar-refractivity contribution is 5.96. The van der Waals surface area contributed by atoms with Crippen LogP contribution in [0.4, 0.5) is 10.2 Å². The fourth-order valence-corrected chi connectivity index (χ4v) is 2.46. The highest BCUT2D eigenvalue weighted by Gasteiger charge is 2.26. The summed E-state index contributed by atoms with van der Waals surface area (Å²) in [4.78, 5) is 27.7. The molecule has 1 unspecified atom stereocenters. The molecule has 1 saturated heterocycles. The molecule has 1 aromatic heterocycles. The number of nitrogens with two attached hydrogens (primary N) is 1. The second-order valence-corrected chi connectivity index (χ2v) is 5.47. The van der Waals surface area contributed by atoms with Crippen molar-refractivity contribution in [2.24, 2.45) is 11.7 Å². The van der Waals surface area contributed by atoms with E-state index in [0.717, 1.165) is 19.0 Å². The van der Waals surface area contributed by atoms with Crippen molar-refractivity contribution in [2.75, 3.05) is 25.1 Å². The lowest BCUT2D eigenvalue weighted by Crippen LogP contribution is -2.47. The predicted octanol–water partition coefficient (Wildman–Crippen LogP) is 0.419. The smallest absolute Gasteiger partial charge is 0.248 e. The van der Waals surface area contributed by atoms with Crippen LogP contribution in [0.2, 0.25) is 0 Å². The average Bonchev–Trinajstić information content (AvgIpc) is 2.57. The Hall–Kier alpha value is -2.06. The third kappa shape index (κ3) is 5.57. The lowest BCUT2D eigenvalue weighted by molar-refractivity contribution is -0.126. The molecule has 0 spiro atoms. The second-order valence-electron chi connectivity index (χ2n) is 5.47. The summed E-state index contributed by atoms with van der Waals surface area (Å²) in [5.41, 5.74) is 5.31. The molecule has 1 atom stereocenters. The SMILES string of the molecule is NCC(=O)NC(CC1CCOCC1)C(=O)Nc1ccc(F)cn1. The molecule has 0 saturated carbocycles. The standard InChI is InChI=1S/C15H21FN4O3/c16-11-1-2-13(18-9-11)20-15(22)12(19-14(21)8-17)7-10-3-5-23-6-4-10/h1-2,9-10,12H,3-8,17H2,(H,19,21)(H,18,20,22). The van der Waals surface area contributed by atoms with Crippen LogP contribution in [0.25, 0.3) is 0 Å². The van der Waals surface area contributed by atoms with E-state index in [-0.39, 0.29) is 12.4 Å². The third-order valence-corrected chi connectivity index (χ3v) is 3.73. The van der Waals surface area contributed by atoms with Gasteiger partial charge in [-0.15, -0.1) is 0 Å². The molecule has 1 fully saturated rings. The molecule has 1 aliphatic rings. The van der Waals surface area contributed by atoms with Crippen molar-refractivity contribution in [3.63, 3.8) is 0 Å². The van der Waals surface area contributed by atoms with Crippen molar-refractivity contribution in [3.05, 3.63) is 24.1 Å². The third-order valence-electron chi connectivity index (χ3n) is 3.73. The van der Waals surface area contributed by atoms with Crippen LogP contribution in [0.5, 0.6) is 0 Å². The minimum absolute atomic E-state index is 0.188. The van der Waals surface area contributed by atoms with Gasteiger partial charge in [0.05, 0.1) is 12.7 Å². The number of hydrogen-bond donors (Lipinski definition) is 3. The van der Waals surface area contributed by atoms with Gasteiger partial charge in [0.15, 0.2) is 0 Å². The molecule has 0 aromatic carbocycles. The van der Waals surface area contributed by atoms with E-state index in [1.54, 1.807) is 0 Å². The van der Waals surface area contributed by atoms with Gasteiger partial charge in [-0.2, -0.15) is 0 Å². The largest absolute Gasteiger partial charge is 0.381 e. The van der Waals surface area contributed by atoms with E-state index in [1.807, 2.05) is 0 Å². The zero-order valence-corrected chi connectivity index (χ0v) is 12.8. The number of amides is 2. The van der Waals surface area contributed by atoms with E-state index < -0.39 is 23.7 Å². The van der Waals surface area contributed by atoms with E-state index in [1.165, 1.54) is 12.1 Å². The van der Waals surface area contributed by atoms with Gasteiger partial charge in [0.1, 0.15) is 17.7 Å². The first-order valence-corrected chi connectivity index (χ1v) is 7.58. The monoisotopic (exact) mass is 324 g/mol. The number of nitrogens with one attached hydrogen (secondary N) is 2. The molecule has 23 heavy (non-hydrogen) atoms. The zero-order chi connectivity index (χ0) is 16.7. The number of rotatable bonds is 6. The molecular weight excluding hydrogens is 303 g/mol. The summed E-state index contributed by atoms with van der Waals surface area (Å²) >= 11 is 0. The van der Waals surface area contributed by atoms with Gasteiger partial charge in [0, 0.05) is 13.2 Å². The molecule has 8 heteroatoms. The average molecular weight is 324 g/mol. The van der Waals surface area contributed by atoms with Crippen molar-refractivity contribution in [3.8, 4) is 0 Å². The molecule has 0 aliphatic carbocycles. The number of ether oxygens (including phenoxy) is 1. The van der Waals surface area contributed by atoms with Crippen molar-refractivity contribution in [2.45, 2.75) is 25.3 Å². The van der Waals surface area contributed by atoms with Crippen LogP contribution in [0, 0.1) is 11.7 Å². The lowest BCUT2D eigenvalue weighted by Gasteiger charge is -2.26. The molecule has 7 nitrogen and oxygen atoms in total. The Bertz CT molecular complexity index is 532. The molecule has 2 rings (SSSR count). The van der Waals surface area contributed by atoms with Crippen LogP contribution in [-0.4, -0.2) is 42.6 Å². The van der Waals surface area contributed by atoms with Crippen LogP contribution in [0.15, 0.2) is 18.3 Å². The van der Waals surface area contributed by atoms with Gasteiger partial charge in [-0.3, -0.25) is 9.59 Å². The zero-order valence-electron chi connectivity index (χ0n) is 12.8. The maximum Gasteiger partial charge on any atom is 0.248 e.